The van der Waals surface area contributed by atoms with Crippen LogP contribution in [-0.2, 0) is 16.0 Å². The molecule has 0 spiro atoms. The van der Waals surface area contributed by atoms with Crippen molar-refractivity contribution in [1.29, 1.82) is 0 Å². The lowest BCUT2D eigenvalue weighted by Crippen LogP contribution is -2.44. The molecule has 2 aliphatic heterocycles. The molecular formula is C24H40N4O4. The molecule has 2 fully saturated rings. The van der Waals surface area contributed by atoms with Gasteiger partial charge in [0.05, 0.1) is 6.61 Å². The largest absolute Gasteiger partial charge is 0.492 e. The number of aliphatic hydroxyl groups excluding tert-OH is 1. The lowest BCUT2D eigenvalue weighted by molar-refractivity contribution is 0.0392. The van der Waals surface area contributed by atoms with Gasteiger partial charge in [0.1, 0.15) is 12.4 Å². The van der Waals surface area contributed by atoms with Crippen molar-refractivity contribution < 1.29 is 19.3 Å². The Kier molecular flexibility index (Phi) is 10.1. The number of guanidine groups is 1. The van der Waals surface area contributed by atoms with Crippen LogP contribution >= 0.6 is 0 Å². The van der Waals surface area contributed by atoms with Crippen LogP contribution in [0, 0.1) is 5.41 Å². The summed E-state index contributed by atoms with van der Waals surface area (Å²) >= 11 is 0. The fourth-order valence-electron chi connectivity index (χ4n) is 4.35. The Labute approximate surface area is 192 Å². The van der Waals surface area contributed by atoms with Gasteiger partial charge in [-0.2, -0.15) is 0 Å². The fraction of sp³-hybridized carbons (Fsp3) is 0.708. The Bertz CT molecular complexity index is 703. The summed E-state index contributed by atoms with van der Waals surface area (Å²) in [5, 5.41) is 16.2. The molecule has 0 aliphatic carbocycles. The summed E-state index contributed by atoms with van der Waals surface area (Å²) in [4.78, 5) is 6.71. The first-order chi connectivity index (χ1) is 15.6. The molecule has 0 radical (unpaired) electrons. The highest BCUT2D eigenvalue weighted by Crippen LogP contribution is 2.31. The van der Waals surface area contributed by atoms with E-state index in [4.69, 9.17) is 14.2 Å². The van der Waals surface area contributed by atoms with Crippen molar-refractivity contribution >= 4 is 5.96 Å². The first kappa shape index (κ1) is 24.8. The van der Waals surface area contributed by atoms with E-state index >= 15 is 0 Å². The minimum Gasteiger partial charge on any atom is -0.492 e. The number of nitrogens with one attached hydrogen (secondary N) is 2. The number of ether oxygens (including phenoxy) is 3. The van der Waals surface area contributed by atoms with Crippen molar-refractivity contribution in [3.63, 3.8) is 0 Å². The maximum atomic E-state index is 9.40. The smallest absolute Gasteiger partial charge is 0.191 e. The lowest BCUT2D eigenvalue weighted by atomic mass is 9.84. The van der Waals surface area contributed by atoms with Crippen LogP contribution in [0.15, 0.2) is 29.3 Å². The molecule has 32 heavy (non-hydrogen) atoms. The van der Waals surface area contributed by atoms with Crippen molar-refractivity contribution in [3.8, 4) is 5.75 Å². The third-order valence-corrected chi connectivity index (χ3v) is 6.57. The molecule has 2 saturated heterocycles. The Morgan fingerprint density at radius 1 is 1.25 bits per heavy atom. The van der Waals surface area contributed by atoms with Gasteiger partial charge in [-0.15, -0.1) is 0 Å². The van der Waals surface area contributed by atoms with Crippen molar-refractivity contribution in [1.82, 2.24) is 15.5 Å². The summed E-state index contributed by atoms with van der Waals surface area (Å²) in [7, 11) is 3.94. The van der Waals surface area contributed by atoms with Gasteiger partial charge in [-0.3, -0.25) is 9.89 Å². The van der Waals surface area contributed by atoms with Gasteiger partial charge in [-0.1, -0.05) is 12.1 Å². The number of hydrogen-bond donors (Lipinski definition) is 3. The number of nitrogens with zero attached hydrogens (tertiary/aromatic N) is 2. The minimum atomic E-state index is -0.0159. The second kappa shape index (κ2) is 13.0. The van der Waals surface area contributed by atoms with E-state index in [1.165, 1.54) is 0 Å². The summed E-state index contributed by atoms with van der Waals surface area (Å²) in [5.74, 6) is 1.64. The number of aliphatic imine (C=N–C) groups is 1. The van der Waals surface area contributed by atoms with E-state index in [1.54, 1.807) is 7.05 Å². The third-order valence-electron chi connectivity index (χ3n) is 6.57. The zero-order valence-corrected chi connectivity index (χ0v) is 19.6. The topological polar surface area (TPSA) is 87.6 Å². The second-order valence-electron chi connectivity index (χ2n) is 8.88. The molecule has 2 heterocycles. The minimum absolute atomic E-state index is 0.0159. The summed E-state index contributed by atoms with van der Waals surface area (Å²) in [6.07, 6.45) is 3.89. The quantitative estimate of drug-likeness (QED) is 0.350. The summed E-state index contributed by atoms with van der Waals surface area (Å²) in [6.45, 7) is 6.30. The molecule has 1 aromatic carbocycles. The van der Waals surface area contributed by atoms with E-state index < -0.39 is 0 Å². The Balaban J connectivity index is 1.41. The molecule has 8 nitrogen and oxygen atoms in total. The van der Waals surface area contributed by atoms with Gasteiger partial charge in [0.15, 0.2) is 5.96 Å². The molecule has 3 rings (SSSR count). The monoisotopic (exact) mass is 448 g/mol. The van der Waals surface area contributed by atoms with Crippen molar-refractivity contribution in [2.24, 2.45) is 10.4 Å². The van der Waals surface area contributed by atoms with E-state index in [0.29, 0.717) is 25.8 Å². The van der Waals surface area contributed by atoms with Crippen LogP contribution in [0.2, 0.25) is 0 Å². The molecule has 3 N–H and O–H groups in total. The van der Waals surface area contributed by atoms with Crippen molar-refractivity contribution in [2.75, 3.05) is 66.8 Å². The van der Waals surface area contributed by atoms with Crippen LogP contribution in [-0.4, -0.2) is 88.8 Å². The molecule has 0 aromatic heterocycles. The number of hydrogen-bond acceptors (Lipinski definition) is 6. The number of benzene rings is 1. The van der Waals surface area contributed by atoms with Crippen molar-refractivity contribution in [2.45, 2.75) is 38.3 Å². The summed E-state index contributed by atoms with van der Waals surface area (Å²) in [5.41, 5.74) is 1.12. The SMILES string of the molecule is CN=C(NCc1cccc(OCCN(C)C2CCOCC2)c1)NCC1(CCO)CCOC1. The third kappa shape index (κ3) is 7.62. The molecule has 0 bridgehead atoms. The lowest BCUT2D eigenvalue weighted by Gasteiger charge is -2.31. The van der Waals surface area contributed by atoms with Crippen LogP contribution in [0.4, 0.5) is 0 Å². The number of likely N-dealkylation sites (N-methyl/N-ethyl adjacent to an activating group) is 1. The van der Waals surface area contributed by atoms with E-state index in [-0.39, 0.29) is 12.0 Å². The normalized spacial score (nSPS) is 22.3. The predicted molar refractivity (Wildman–Crippen MR) is 126 cm³/mol. The maximum absolute atomic E-state index is 9.40. The molecule has 1 atom stereocenters. The molecular weight excluding hydrogens is 408 g/mol. The van der Waals surface area contributed by atoms with Gasteiger partial charge in [0.2, 0.25) is 0 Å². The van der Waals surface area contributed by atoms with Crippen LogP contribution < -0.4 is 15.4 Å². The molecule has 2 aliphatic rings. The molecule has 8 heteroatoms. The Morgan fingerprint density at radius 3 is 2.81 bits per heavy atom. The average Bonchev–Trinajstić information content (AvgIpc) is 3.29. The molecule has 0 amide bonds. The zero-order chi connectivity index (χ0) is 22.7. The predicted octanol–water partition coefficient (Wildman–Crippen LogP) is 1.63. The summed E-state index contributed by atoms with van der Waals surface area (Å²) < 4.78 is 17.0. The van der Waals surface area contributed by atoms with Gasteiger partial charge in [-0.25, -0.2) is 0 Å². The van der Waals surface area contributed by atoms with Gasteiger partial charge in [-0.05, 0) is 50.4 Å². The fourth-order valence-corrected chi connectivity index (χ4v) is 4.35. The van der Waals surface area contributed by atoms with E-state index in [2.05, 4.69) is 39.7 Å². The van der Waals surface area contributed by atoms with E-state index in [1.807, 2.05) is 12.1 Å². The standard InChI is InChI=1S/C24H40N4O4/c1-25-23(27-18-24(8-11-29)9-14-31-19-24)26-17-20-4-3-5-22(16-20)32-15-10-28(2)21-6-12-30-13-7-21/h3-5,16,21,29H,6-15,17-19H2,1-2H3,(H2,25,26,27). The van der Waals surface area contributed by atoms with Crippen molar-refractivity contribution in [3.05, 3.63) is 29.8 Å². The first-order valence-corrected chi connectivity index (χ1v) is 11.8. The van der Waals surface area contributed by atoms with Crippen LogP contribution in [0.3, 0.4) is 0 Å². The highest BCUT2D eigenvalue weighted by molar-refractivity contribution is 5.79. The van der Waals surface area contributed by atoms with Gasteiger partial charge in [0, 0.05) is 64.6 Å². The van der Waals surface area contributed by atoms with Gasteiger partial charge >= 0.3 is 0 Å². The molecule has 1 aromatic rings. The Hall–Kier alpha value is -1.87. The Morgan fingerprint density at radius 2 is 2.09 bits per heavy atom. The number of rotatable bonds is 11. The number of aliphatic hydroxyl groups is 1. The van der Waals surface area contributed by atoms with E-state index in [0.717, 1.165) is 75.9 Å². The molecule has 1 unspecified atom stereocenters. The van der Waals surface area contributed by atoms with Gasteiger partial charge < -0.3 is 30.0 Å². The van der Waals surface area contributed by atoms with Gasteiger partial charge in [0.25, 0.3) is 0 Å². The maximum Gasteiger partial charge on any atom is 0.191 e. The molecule has 180 valence electrons. The van der Waals surface area contributed by atoms with E-state index in [9.17, 15) is 5.11 Å². The second-order valence-corrected chi connectivity index (χ2v) is 8.88. The average molecular weight is 449 g/mol. The first-order valence-electron chi connectivity index (χ1n) is 11.8. The zero-order valence-electron chi connectivity index (χ0n) is 19.6. The van der Waals surface area contributed by atoms with Crippen LogP contribution in [0.5, 0.6) is 5.75 Å². The highest BCUT2D eigenvalue weighted by atomic mass is 16.5. The van der Waals surface area contributed by atoms with Crippen LogP contribution in [0.25, 0.3) is 0 Å². The summed E-state index contributed by atoms with van der Waals surface area (Å²) in [6, 6.07) is 8.78. The highest BCUT2D eigenvalue weighted by Gasteiger charge is 2.34. The van der Waals surface area contributed by atoms with Crippen LogP contribution in [0.1, 0.15) is 31.2 Å². The molecule has 0 saturated carbocycles.